The van der Waals surface area contributed by atoms with Crippen LogP contribution < -0.4 is 5.32 Å². The van der Waals surface area contributed by atoms with Crippen LogP contribution in [0.2, 0.25) is 0 Å². The van der Waals surface area contributed by atoms with Gasteiger partial charge in [-0.2, -0.15) is 0 Å². The Hall–Kier alpha value is -4.84. The molecule has 4 aromatic rings. The number of fused-ring (bicyclic) bond motifs is 6. The van der Waals surface area contributed by atoms with Crippen molar-refractivity contribution in [3.05, 3.63) is 143 Å². The summed E-state index contributed by atoms with van der Waals surface area (Å²) >= 11 is 0. The second-order valence-electron chi connectivity index (χ2n) is 10.2. The SMILES string of the molecule is O=C(c1ccccc1)[C@@H]1[C@H](C(=O)c2ccc(F)cc2)[C@@]2(C(=O)Nc3ccccc32)[C@@H]2c3ccccc3C=CN12. The third-order valence-corrected chi connectivity index (χ3v) is 8.31. The zero-order valence-corrected chi connectivity index (χ0v) is 20.8. The number of amides is 1. The number of nitrogens with zero attached hydrogens (tertiary/aromatic N) is 1. The van der Waals surface area contributed by atoms with E-state index in [0.29, 0.717) is 16.8 Å². The van der Waals surface area contributed by atoms with E-state index in [-0.39, 0.29) is 23.0 Å². The molecule has 1 fully saturated rings. The second-order valence-corrected chi connectivity index (χ2v) is 10.2. The summed E-state index contributed by atoms with van der Waals surface area (Å²) in [5.41, 5.74) is 2.40. The lowest BCUT2D eigenvalue weighted by atomic mass is 9.62. The smallest absolute Gasteiger partial charge is 0.238 e. The summed E-state index contributed by atoms with van der Waals surface area (Å²) in [5.74, 6) is -2.51. The first-order valence-corrected chi connectivity index (χ1v) is 12.9. The Balaban J connectivity index is 1.54. The van der Waals surface area contributed by atoms with Crippen molar-refractivity contribution in [3.63, 3.8) is 0 Å². The molecule has 0 bridgehead atoms. The molecule has 1 amide bonds. The molecule has 1 spiro atoms. The predicted molar refractivity (Wildman–Crippen MR) is 146 cm³/mol. The number of benzene rings is 4. The van der Waals surface area contributed by atoms with Crippen molar-refractivity contribution in [3.8, 4) is 0 Å². The van der Waals surface area contributed by atoms with Crippen LogP contribution in [0, 0.1) is 11.7 Å². The number of anilines is 1. The van der Waals surface area contributed by atoms with E-state index in [2.05, 4.69) is 5.32 Å². The minimum Gasteiger partial charge on any atom is -0.358 e. The number of Topliss-reactive ketones (excluding diaryl/α,β-unsaturated/α-hetero) is 2. The molecule has 0 radical (unpaired) electrons. The summed E-state index contributed by atoms with van der Waals surface area (Å²) in [6, 6.07) is 27.7. The molecule has 4 atom stereocenters. The number of halogens is 1. The van der Waals surface area contributed by atoms with Crippen LogP contribution in [0.15, 0.2) is 109 Å². The molecule has 3 aliphatic rings. The van der Waals surface area contributed by atoms with Gasteiger partial charge in [-0.05, 0) is 53.1 Å². The van der Waals surface area contributed by atoms with Gasteiger partial charge in [0.05, 0.1) is 12.0 Å². The Bertz CT molecular complexity index is 1680. The fourth-order valence-electron chi connectivity index (χ4n) is 6.73. The molecule has 39 heavy (non-hydrogen) atoms. The molecule has 0 aliphatic carbocycles. The quantitative estimate of drug-likeness (QED) is 0.349. The van der Waals surface area contributed by atoms with E-state index in [1.165, 1.54) is 24.3 Å². The fraction of sp³-hybridized carbons (Fsp3) is 0.121. The number of ketones is 2. The van der Waals surface area contributed by atoms with Gasteiger partial charge >= 0.3 is 0 Å². The van der Waals surface area contributed by atoms with Crippen LogP contribution in [0.5, 0.6) is 0 Å². The molecule has 3 heterocycles. The summed E-state index contributed by atoms with van der Waals surface area (Å²) in [5, 5.41) is 3.03. The van der Waals surface area contributed by atoms with Crippen molar-refractivity contribution in [2.75, 3.05) is 5.32 Å². The molecule has 7 rings (SSSR count). The first-order chi connectivity index (χ1) is 19.0. The predicted octanol–water partition coefficient (Wildman–Crippen LogP) is 5.81. The van der Waals surface area contributed by atoms with Gasteiger partial charge in [0.25, 0.3) is 0 Å². The summed E-state index contributed by atoms with van der Waals surface area (Å²) in [4.78, 5) is 45.2. The zero-order chi connectivity index (χ0) is 26.7. The standard InChI is InChI=1S/C33H23FN2O3/c34-23-16-14-22(15-17-23)29(37)27-28(30(38)21-9-2-1-3-10-21)36-19-18-20-8-4-5-11-24(20)31(36)33(27)25-12-6-7-13-26(25)35-32(33)39/h1-19,27-28,31H,(H,35,39)/t27-,28+,31+,33-/m1/s1. The maximum Gasteiger partial charge on any atom is 0.238 e. The maximum atomic E-state index is 14.6. The Labute approximate surface area is 224 Å². The average molecular weight is 515 g/mol. The highest BCUT2D eigenvalue weighted by Crippen LogP contribution is 2.62. The van der Waals surface area contributed by atoms with Crippen molar-refractivity contribution in [2.24, 2.45) is 5.92 Å². The number of carbonyl (C=O) groups is 3. The molecule has 6 heteroatoms. The molecule has 3 aliphatic heterocycles. The maximum absolute atomic E-state index is 14.6. The third-order valence-electron chi connectivity index (χ3n) is 8.31. The molecule has 5 nitrogen and oxygen atoms in total. The average Bonchev–Trinajstić information content (AvgIpc) is 3.45. The largest absolute Gasteiger partial charge is 0.358 e. The van der Waals surface area contributed by atoms with E-state index in [0.717, 1.165) is 11.1 Å². The van der Waals surface area contributed by atoms with E-state index < -0.39 is 29.2 Å². The first kappa shape index (κ1) is 23.3. The van der Waals surface area contributed by atoms with E-state index in [4.69, 9.17) is 0 Å². The minimum atomic E-state index is -1.40. The monoisotopic (exact) mass is 514 g/mol. The Morgan fingerprint density at radius 2 is 1.44 bits per heavy atom. The Morgan fingerprint density at radius 1 is 0.769 bits per heavy atom. The van der Waals surface area contributed by atoms with Gasteiger partial charge in [0.1, 0.15) is 17.3 Å². The molecule has 190 valence electrons. The van der Waals surface area contributed by atoms with Crippen LogP contribution in [0.3, 0.4) is 0 Å². The van der Waals surface area contributed by atoms with Crippen molar-refractivity contribution in [1.82, 2.24) is 4.90 Å². The van der Waals surface area contributed by atoms with Crippen molar-refractivity contribution < 1.29 is 18.8 Å². The van der Waals surface area contributed by atoms with Gasteiger partial charge in [0.2, 0.25) is 5.91 Å². The van der Waals surface area contributed by atoms with Gasteiger partial charge in [0.15, 0.2) is 11.6 Å². The fourth-order valence-corrected chi connectivity index (χ4v) is 6.73. The highest BCUT2D eigenvalue weighted by molar-refractivity contribution is 6.16. The van der Waals surface area contributed by atoms with Crippen LogP contribution in [-0.4, -0.2) is 28.4 Å². The molecular weight excluding hydrogens is 491 g/mol. The number of rotatable bonds is 4. The van der Waals surface area contributed by atoms with Crippen LogP contribution in [-0.2, 0) is 10.2 Å². The molecule has 0 unspecified atom stereocenters. The van der Waals surface area contributed by atoms with Crippen molar-refractivity contribution >= 4 is 29.2 Å². The van der Waals surface area contributed by atoms with Crippen molar-refractivity contribution in [2.45, 2.75) is 17.5 Å². The van der Waals surface area contributed by atoms with Crippen LogP contribution in [0.4, 0.5) is 10.1 Å². The second kappa shape index (κ2) is 8.60. The summed E-state index contributed by atoms with van der Waals surface area (Å²) < 4.78 is 13.9. The first-order valence-electron chi connectivity index (χ1n) is 12.9. The van der Waals surface area contributed by atoms with Gasteiger partial charge in [-0.25, -0.2) is 4.39 Å². The van der Waals surface area contributed by atoms with Gasteiger partial charge in [0, 0.05) is 23.0 Å². The Morgan fingerprint density at radius 3 is 2.23 bits per heavy atom. The zero-order valence-electron chi connectivity index (χ0n) is 20.8. The molecule has 0 aromatic heterocycles. The van der Waals surface area contributed by atoms with Gasteiger partial charge < -0.3 is 10.2 Å². The van der Waals surface area contributed by atoms with Crippen LogP contribution >= 0.6 is 0 Å². The van der Waals surface area contributed by atoms with Crippen molar-refractivity contribution in [1.29, 1.82) is 0 Å². The minimum absolute atomic E-state index is 0.251. The van der Waals surface area contributed by atoms with Gasteiger partial charge in [-0.3, -0.25) is 14.4 Å². The Kier molecular flexibility index (Phi) is 5.13. The number of hydrogen-bond donors (Lipinski definition) is 1. The van der Waals surface area contributed by atoms with Gasteiger partial charge in [-0.1, -0.05) is 72.8 Å². The summed E-state index contributed by atoms with van der Waals surface area (Å²) in [7, 11) is 0. The third kappa shape index (κ3) is 3.21. The lowest BCUT2D eigenvalue weighted by Gasteiger charge is -2.38. The number of carbonyl (C=O) groups excluding carboxylic acids is 3. The number of para-hydroxylation sites is 1. The normalized spacial score (nSPS) is 24.2. The highest BCUT2D eigenvalue weighted by Gasteiger charge is 2.70. The molecule has 1 saturated heterocycles. The van der Waals surface area contributed by atoms with E-state index >= 15 is 0 Å². The van der Waals surface area contributed by atoms with Crippen LogP contribution in [0.1, 0.15) is 43.4 Å². The van der Waals surface area contributed by atoms with Crippen LogP contribution in [0.25, 0.3) is 6.08 Å². The van der Waals surface area contributed by atoms with Gasteiger partial charge in [-0.15, -0.1) is 0 Å². The molecular formula is C33H23FN2O3. The summed E-state index contributed by atoms with van der Waals surface area (Å²) in [6.45, 7) is 0. The molecule has 4 aromatic carbocycles. The van der Waals surface area contributed by atoms with E-state index in [1.807, 2.05) is 71.8 Å². The number of hydrogen-bond acceptors (Lipinski definition) is 4. The molecule has 1 N–H and O–H groups in total. The van der Waals surface area contributed by atoms with E-state index in [1.54, 1.807) is 24.3 Å². The van der Waals surface area contributed by atoms with E-state index in [9.17, 15) is 18.8 Å². The lowest BCUT2D eigenvalue weighted by Crippen LogP contribution is -2.49. The summed E-state index contributed by atoms with van der Waals surface area (Å²) in [6.07, 6.45) is 3.76. The highest BCUT2D eigenvalue weighted by atomic mass is 19.1. The number of nitrogens with one attached hydrogen (secondary N) is 1. The molecule has 0 saturated carbocycles. The lowest BCUT2D eigenvalue weighted by molar-refractivity contribution is -0.122. The topological polar surface area (TPSA) is 66.5 Å².